The number of pyridine rings is 1. The molecule has 0 amide bonds. The minimum absolute atomic E-state index is 0.673. The number of aliphatic carboxylic acids is 1. The van der Waals surface area contributed by atoms with Gasteiger partial charge in [0.25, 0.3) is 0 Å². The summed E-state index contributed by atoms with van der Waals surface area (Å²) in [6.07, 6.45) is 3.20. The van der Waals surface area contributed by atoms with E-state index in [4.69, 9.17) is 0 Å². The number of benzene rings is 1. The van der Waals surface area contributed by atoms with E-state index < -0.39 is 11.9 Å². The Kier molecular flexibility index (Phi) is 3.54. The molecule has 17 heavy (non-hydrogen) atoms. The van der Waals surface area contributed by atoms with Crippen LogP contribution >= 0.6 is 15.9 Å². The zero-order valence-electron chi connectivity index (χ0n) is 8.88. The molecule has 1 N–H and O–H groups in total. The highest BCUT2D eigenvalue weighted by Gasteiger charge is 2.23. The number of carboxylic acid groups (broad SMARTS) is 1. The van der Waals surface area contributed by atoms with E-state index in [1.54, 1.807) is 24.5 Å². The monoisotopic (exact) mass is 291 g/mol. The fraction of sp³-hybridized carbons (Fsp3) is 0.0769. The maximum absolute atomic E-state index is 11.4. The van der Waals surface area contributed by atoms with Crippen molar-refractivity contribution in [2.24, 2.45) is 0 Å². The van der Waals surface area contributed by atoms with Gasteiger partial charge in [0.2, 0.25) is 0 Å². The molecule has 1 unspecified atom stereocenters. The molecule has 2 aromatic rings. The second-order valence-electron chi connectivity index (χ2n) is 3.57. The van der Waals surface area contributed by atoms with Crippen molar-refractivity contribution in [1.82, 2.24) is 4.98 Å². The van der Waals surface area contributed by atoms with Crippen LogP contribution in [-0.4, -0.2) is 16.1 Å². The maximum Gasteiger partial charge on any atom is 0.315 e. The molecule has 0 aliphatic heterocycles. The maximum atomic E-state index is 11.4. The van der Waals surface area contributed by atoms with Gasteiger partial charge in [0.15, 0.2) is 0 Å². The van der Waals surface area contributed by atoms with E-state index in [1.807, 2.05) is 24.3 Å². The predicted octanol–water partition coefficient (Wildman–Crippen LogP) is 3.06. The number of hydrogen-bond acceptors (Lipinski definition) is 2. The highest BCUT2D eigenvalue weighted by Crippen LogP contribution is 2.30. The van der Waals surface area contributed by atoms with Crippen molar-refractivity contribution in [2.75, 3.05) is 0 Å². The largest absolute Gasteiger partial charge is 0.481 e. The Morgan fingerprint density at radius 3 is 2.41 bits per heavy atom. The van der Waals surface area contributed by atoms with Crippen molar-refractivity contribution in [3.8, 4) is 0 Å². The summed E-state index contributed by atoms with van der Waals surface area (Å²) in [5, 5.41) is 9.36. The Labute approximate surface area is 107 Å². The predicted molar refractivity (Wildman–Crippen MR) is 67.9 cm³/mol. The molecule has 3 nitrogen and oxygen atoms in total. The molecule has 0 bridgehead atoms. The van der Waals surface area contributed by atoms with Crippen LogP contribution in [-0.2, 0) is 4.79 Å². The first-order valence-electron chi connectivity index (χ1n) is 5.07. The Morgan fingerprint density at radius 1 is 1.18 bits per heavy atom. The normalized spacial score (nSPS) is 12.1. The molecule has 0 aliphatic carbocycles. The Morgan fingerprint density at radius 2 is 1.82 bits per heavy atom. The van der Waals surface area contributed by atoms with Gasteiger partial charge >= 0.3 is 5.97 Å². The van der Waals surface area contributed by atoms with Crippen molar-refractivity contribution in [3.05, 3.63) is 64.4 Å². The van der Waals surface area contributed by atoms with Crippen LogP contribution in [0.5, 0.6) is 0 Å². The van der Waals surface area contributed by atoms with Gasteiger partial charge in [-0.15, -0.1) is 0 Å². The van der Waals surface area contributed by atoms with Crippen molar-refractivity contribution in [2.45, 2.75) is 5.92 Å². The molecule has 2 rings (SSSR count). The number of carbonyl (C=O) groups is 1. The van der Waals surface area contributed by atoms with Gasteiger partial charge in [-0.2, -0.15) is 0 Å². The van der Waals surface area contributed by atoms with Crippen LogP contribution < -0.4 is 0 Å². The summed E-state index contributed by atoms with van der Waals surface area (Å²) in [5.41, 5.74) is 1.46. The average Bonchev–Trinajstić information content (AvgIpc) is 2.33. The number of halogens is 1. The molecule has 1 heterocycles. The summed E-state index contributed by atoms with van der Waals surface area (Å²) < 4.78 is 0.796. The van der Waals surface area contributed by atoms with Gasteiger partial charge in [0.1, 0.15) is 5.92 Å². The molecule has 86 valence electrons. The first-order chi connectivity index (χ1) is 8.20. The molecule has 1 atom stereocenters. The third kappa shape index (κ3) is 2.53. The summed E-state index contributed by atoms with van der Waals surface area (Å²) >= 11 is 3.38. The quantitative estimate of drug-likeness (QED) is 0.946. The number of rotatable bonds is 3. The van der Waals surface area contributed by atoms with Crippen LogP contribution in [0.3, 0.4) is 0 Å². The van der Waals surface area contributed by atoms with Gasteiger partial charge in [0, 0.05) is 16.9 Å². The molecule has 1 aromatic carbocycles. The number of hydrogen-bond donors (Lipinski definition) is 1. The molecule has 0 saturated heterocycles. The lowest BCUT2D eigenvalue weighted by Gasteiger charge is -2.14. The van der Waals surface area contributed by atoms with Gasteiger partial charge in [-0.25, -0.2) is 0 Å². The van der Waals surface area contributed by atoms with Crippen LogP contribution in [0.15, 0.2) is 53.3 Å². The van der Waals surface area contributed by atoms with Crippen LogP contribution in [0.25, 0.3) is 0 Å². The number of aromatic nitrogens is 1. The summed E-state index contributed by atoms with van der Waals surface area (Å²) in [6.45, 7) is 0. The highest BCUT2D eigenvalue weighted by molar-refractivity contribution is 9.10. The molecule has 1 aromatic heterocycles. The lowest BCUT2D eigenvalue weighted by Crippen LogP contribution is -2.13. The van der Waals surface area contributed by atoms with E-state index in [1.165, 1.54) is 0 Å². The van der Waals surface area contributed by atoms with Crippen LogP contribution in [0.4, 0.5) is 0 Å². The summed E-state index contributed by atoms with van der Waals surface area (Å²) in [6, 6.07) is 10.8. The van der Waals surface area contributed by atoms with Crippen molar-refractivity contribution >= 4 is 21.9 Å². The van der Waals surface area contributed by atoms with E-state index in [2.05, 4.69) is 20.9 Å². The van der Waals surface area contributed by atoms with Crippen molar-refractivity contribution < 1.29 is 9.90 Å². The van der Waals surface area contributed by atoms with Crippen LogP contribution in [0.2, 0.25) is 0 Å². The lowest BCUT2D eigenvalue weighted by atomic mass is 9.92. The van der Waals surface area contributed by atoms with Gasteiger partial charge in [0.05, 0.1) is 0 Å². The molecule has 0 fully saturated rings. The molecule has 0 aliphatic rings. The molecular weight excluding hydrogens is 282 g/mol. The fourth-order valence-electron chi connectivity index (χ4n) is 1.72. The minimum Gasteiger partial charge on any atom is -0.481 e. The minimum atomic E-state index is -0.872. The summed E-state index contributed by atoms with van der Waals surface area (Å²) in [5.74, 6) is -1.54. The lowest BCUT2D eigenvalue weighted by molar-refractivity contribution is -0.137. The number of carboxylic acids is 1. The second-order valence-corrected chi connectivity index (χ2v) is 4.43. The Balaban J connectivity index is 2.51. The van der Waals surface area contributed by atoms with E-state index in [0.29, 0.717) is 0 Å². The average molecular weight is 292 g/mol. The highest BCUT2D eigenvalue weighted by atomic mass is 79.9. The smallest absolute Gasteiger partial charge is 0.315 e. The molecule has 0 saturated carbocycles. The number of nitrogens with zero attached hydrogens (tertiary/aromatic N) is 1. The van der Waals surface area contributed by atoms with Gasteiger partial charge in [-0.05, 0) is 29.3 Å². The zero-order valence-corrected chi connectivity index (χ0v) is 10.5. The second kappa shape index (κ2) is 5.10. The SMILES string of the molecule is O=C(O)C(c1ccncc1)c1ccccc1Br. The third-order valence-corrected chi connectivity index (χ3v) is 3.22. The van der Waals surface area contributed by atoms with E-state index >= 15 is 0 Å². The van der Waals surface area contributed by atoms with Gasteiger partial charge in [-0.1, -0.05) is 34.1 Å². The standard InChI is InChI=1S/C13H10BrNO2/c14-11-4-2-1-3-10(11)12(13(16)17)9-5-7-15-8-6-9/h1-8,12H,(H,16,17). The van der Waals surface area contributed by atoms with Gasteiger partial charge in [-0.3, -0.25) is 9.78 Å². The zero-order chi connectivity index (χ0) is 12.3. The molecular formula is C13H10BrNO2. The molecule has 0 spiro atoms. The molecule has 0 radical (unpaired) electrons. The van der Waals surface area contributed by atoms with E-state index in [0.717, 1.165) is 15.6 Å². The van der Waals surface area contributed by atoms with E-state index in [9.17, 15) is 9.90 Å². The van der Waals surface area contributed by atoms with Gasteiger partial charge < -0.3 is 5.11 Å². The Hall–Kier alpha value is -1.68. The Bertz CT molecular complexity index is 528. The molecule has 4 heteroatoms. The van der Waals surface area contributed by atoms with Crippen LogP contribution in [0, 0.1) is 0 Å². The van der Waals surface area contributed by atoms with Crippen LogP contribution in [0.1, 0.15) is 17.0 Å². The first kappa shape index (κ1) is 11.8. The van der Waals surface area contributed by atoms with Crippen molar-refractivity contribution in [3.63, 3.8) is 0 Å². The fourth-order valence-corrected chi connectivity index (χ4v) is 2.23. The first-order valence-corrected chi connectivity index (χ1v) is 5.86. The van der Waals surface area contributed by atoms with E-state index in [-0.39, 0.29) is 0 Å². The van der Waals surface area contributed by atoms with Crippen molar-refractivity contribution in [1.29, 1.82) is 0 Å². The third-order valence-electron chi connectivity index (χ3n) is 2.50. The topological polar surface area (TPSA) is 50.2 Å². The summed E-state index contributed by atoms with van der Waals surface area (Å²) in [4.78, 5) is 15.3. The summed E-state index contributed by atoms with van der Waals surface area (Å²) in [7, 11) is 0.